The summed E-state index contributed by atoms with van der Waals surface area (Å²) in [7, 11) is 4.01. The molecular weight excluding hydrogens is 250 g/mol. The van der Waals surface area contributed by atoms with Crippen molar-refractivity contribution in [1.29, 1.82) is 0 Å². The Morgan fingerprint density at radius 1 is 1.15 bits per heavy atom. The first-order valence-corrected chi connectivity index (χ1v) is 6.67. The van der Waals surface area contributed by atoms with E-state index >= 15 is 0 Å². The number of benzene rings is 1. The van der Waals surface area contributed by atoms with Gasteiger partial charge in [0.15, 0.2) is 0 Å². The molecule has 4 nitrogen and oxygen atoms in total. The average molecular weight is 271 g/mol. The molecule has 0 radical (unpaired) electrons. The van der Waals surface area contributed by atoms with Crippen LogP contribution in [0.5, 0.6) is 5.75 Å². The van der Waals surface area contributed by atoms with Crippen LogP contribution >= 0.6 is 0 Å². The van der Waals surface area contributed by atoms with E-state index in [1.165, 1.54) is 0 Å². The lowest BCUT2D eigenvalue weighted by atomic mass is 10.1. The van der Waals surface area contributed by atoms with Crippen LogP contribution in [0.4, 0.5) is 5.69 Å². The molecule has 0 spiro atoms. The van der Waals surface area contributed by atoms with Crippen molar-refractivity contribution in [3.05, 3.63) is 54.4 Å². The second-order valence-corrected chi connectivity index (χ2v) is 5.07. The Labute approximate surface area is 120 Å². The molecule has 0 aliphatic rings. The molecule has 0 saturated heterocycles. The number of pyridine rings is 1. The van der Waals surface area contributed by atoms with Crippen LogP contribution in [0.25, 0.3) is 0 Å². The summed E-state index contributed by atoms with van der Waals surface area (Å²) in [4.78, 5) is 6.07. The zero-order valence-electron chi connectivity index (χ0n) is 12.2. The summed E-state index contributed by atoms with van der Waals surface area (Å²) in [6, 6.07) is 11.7. The Kier molecular flexibility index (Phi) is 4.58. The van der Waals surface area contributed by atoms with E-state index in [9.17, 15) is 0 Å². The highest BCUT2D eigenvalue weighted by Crippen LogP contribution is 2.26. The second-order valence-electron chi connectivity index (χ2n) is 5.07. The first kappa shape index (κ1) is 14.3. The van der Waals surface area contributed by atoms with Gasteiger partial charge in [-0.3, -0.25) is 4.98 Å². The van der Waals surface area contributed by atoms with Gasteiger partial charge < -0.3 is 15.4 Å². The number of nitrogens with zero attached hydrogens (tertiary/aromatic N) is 2. The summed E-state index contributed by atoms with van der Waals surface area (Å²) in [6.45, 7) is 1.95. The smallest absolute Gasteiger partial charge is 0.139 e. The fraction of sp³-hybridized carbons (Fsp3) is 0.312. The number of hydrogen-bond donors (Lipinski definition) is 1. The van der Waals surface area contributed by atoms with Crippen LogP contribution in [0.2, 0.25) is 0 Å². The molecule has 20 heavy (non-hydrogen) atoms. The van der Waals surface area contributed by atoms with Crippen LogP contribution in [0, 0.1) is 0 Å². The summed E-state index contributed by atoms with van der Waals surface area (Å²) < 4.78 is 6.07. The first-order valence-electron chi connectivity index (χ1n) is 6.67. The van der Waals surface area contributed by atoms with Gasteiger partial charge in [0.05, 0.1) is 0 Å². The van der Waals surface area contributed by atoms with E-state index in [4.69, 9.17) is 10.5 Å². The Morgan fingerprint density at radius 3 is 2.45 bits per heavy atom. The Hall–Kier alpha value is -2.07. The number of hydrogen-bond acceptors (Lipinski definition) is 4. The molecule has 1 aromatic heterocycles. The molecule has 2 aromatic rings. The zero-order chi connectivity index (χ0) is 14.5. The van der Waals surface area contributed by atoms with Crippen molar-refractivity contribution in [2.45, 2.75) is 19.1 Å². The predicted molar refractivity (Wildman–Crippen MR) is 82.0 cm³/mol. The fourth-order valence-electron chi connectivity index (χ4n) is 2.01. The molecule has 0 aliphatic carbocycles. The molecule has 0 bridgehead atoms. The van der Waals surface area contributed by atoms with Gasteiger partial charge in [-0.25, -0.2) is 0 Å². The van der Waals surface area contributed by atoms with E-state index in [2.05, 4.69) is 4.98 Å². The van der Waals surface area contributed by atoms with Crippen molar-refractivity contribution in [1.82, 2.24) is 4.98 Å². The minimum Gasteiger partial charge on any atom is -0.484 e. The van der Waals surface area contributed by atoms with Crippen molar-refractivity contribution in [3.63, 3.8) is 0 Å². The van der Waals surface area contributed by atoms with E-state index < -0.39 is 0 Å². The first-order chi connectivity index (χ1) is 9.58. The summed E-state index contributed by atoms with van der Waals surface area (Å²) >= 11 is 0. The molecule has 0 amide bonds. The molecule has 1 heterocycles. The van der Waals surface area contributed by atoms with Gasteiger partial charge in [0, 0.05) is 44.3 Å². The average Bonchev–Trinajstić information content (AvgIpc) is 2.45. The van der Waals surface area contributed by atoms with Crippen molar-refractivity contribution in [3.8, 4) is 5.75 Å². The Bertz CT molecular complexity index is 540. The maximum Gasteiger partial charge on any atom is 0.139 e. The maximum absolute atomic E-state index is 6.07. The normalized spacial score (nSPS) is 13.6. The molecule has 2 atom stereocenters. The largest absolute Gasteiger partial charge is 0.484 e. The van der Waals surface area contributed by atoms with E-state index in [-0.39, 0.29) is 12.1 Å². The van der Waals surface area contributed by atoms with Crippen molar-refractivity contribution in [2.24, 2.45) is 5.73 Å². The van der Waals surface area contributed by atoms with Gasteiger partial charge >= 0.3 is 0 Å². The molecule has 0 aliphatic heterocycles. The minimum atomic E-state index is -0.185. The summed E-state index contributed by atoms with van der Waals surface area (Å²) in [5.41, 5.74) is 8.19. The van der Waals surface area contributed by atoms with Crippen LogP contribution in [0.1, 0.15) is 18.6 Å². The lowest BCUT2D eigenvalue weighted by Gasteiger charge is -2.23. The van der Waals surface area contributed by atoms with Crippen LogP contribution in [-0.4, -0.2) is 25.1 Å². The van der Waals surface area contributed by atoms with Crippen LogP contribution in [0.3, 0.4) is 0 Å². The van der Waals surface area contributed by atoms with Crippen molar-refractivity contribution in [2.75, 3.05) is 19.0 Å². The van der Waals surface area contributed by atoms with Crippen molar-refractivity contribution >= 4 is 5.69 Å². The number of aromatic nitrogens is 1. The fourth-order valence-corrected chi connectivity index (χ4v) is 2.01. The van der Waals surface area contributed by atoms with Gasteiger partial charge in [0.2, 0.25) is 0 Å². The molecule has 4 heteroatoms. The third kappa shape index (κ3) is 3.48. The van der Waals surface area contributed by atoms with Crippen LogP contribution < -0.4 is 15.4 Å². The van der Waals surface area contributed by atoms with Crippen molar-refractivity contribution < 1.29 is 4.74 Å². The molecule has 2 unspecified atom stereocenters. The number of anilines is 1. The minimum absolute atomic E-state index is 0.111. The summed E-state index contributed by atoms with van der Waals surface area (Å²) in [6.07, 6.45) is 3.32. The highest BCUT2D eigenvalue weighted by atomic mass is 16.5. The quantitative estimate of drug-likeness (QED) is 0.908. The molecular formula is C16H21N3O. The Balaban J connectivity index is 2.23. The van der Waals surface area contributed by atoms with Gasteiger partial charge in [-0.15, -0.1) is 0 Å². The highest BCUT2D eigenvalue weighted by molar-refractivity contribution is 5.49. The molecule has 2 rings (SSSR count). The SMILES string of the molecule is CC(N)C(Oc1cccc(N(C)C)c1)c1ccncc1. The van der Waals surface area contributed by atoms with Gasteiger partial charge in [-0.2, -0.15) is 0 Å². The van der Waals surface area contributed by atoms with Gasteiger partial charge in [-0.05, 0) is 36.8 Å². The monoisotopic (exact) mass is 271 g/mol. The standard InChI is InChI=1S/C16H21N3O/c1-12(17)16(13-7-9-18-10-8-13)20-15-6-4-5-14(11-15)19(2)3/h4-12,16H,17H2,1-3H3. The molecule has 1 aromatic carbocycles. The molecule has 0 saturated carbocycles. The van der Waals surface area contributed by atoms with Gasteiger partial charge in [0.1, 0.15) is 11.9 Å². The molecule has 2 N–H and O–H groups in total. The van der Waals surface area contributed by atoms with E-state index in [1.54, 1.807) is 12.4 Å². The third-order valence-electron chi connectivity index (χ3n) is 3.11. The number of rotatable bonds is 5. The van der Waals surface area contributed by atoms with E-state index in [0.717, 1.165) is 17.0 Å². The summed E-state index contributed by atoms with van der Waals surface area (Å²) in [5.74, 6) is 0.815. The number of nitrogens with two attached hydrogens (primary N) is 1. The lowest BCUT2D eigenvalue weighted by molar-refractivity contribution is 0.180. The lowest BCUT2D eigenvalue weighted by Crippen LogP contribution is -2.29. The highest BCUT2D eigenvalue weighted by Gasteiger charge is 2.18. The Morgan fingerprint density at radius 2 is 1.85 bits per heavy atom. The zero-order valence-corrected chi connectivity index (χ0v) is 12.2. The number of ether oxygens (including phenoxy) is 1. The predicted octanol–water partition coefficient (Wildman–Crippen LogP) is 2.61. The van der Waals surface area contributed by atoms with Crippen LogP contribution in [-0.2, 0) is 0 Å². The van der Waals surface area contributed by atoms with Crippen LogP contribution in [0.15, 0.2) is 48.8 Å². The van der Waals surface area contributed by atoms with Gasteiger partial charge in [-0.1, -0.05) is 6.07 Å². The maximum atomic E-state index is 6.07. The van der Waals surface area contributed by atoms with E-state index in [1.807, 2.05) is 62.3 Å². The third-order valence-corrected chi connectivity index (χ3v) is 3.11. The summed E-state index contributed by atoms with van der Waals surface area (Å²) in [5, 5.41) is 0. The topological polar surface area (TPSA) is 51.4 Å². The molecule has 106 valence electrons. The van der Waals surface area contributed by atoms with E-state index in [0.29, 0.717) is 0 Å². The molecule has 0 fully saturated rings. The second kappa shape index (κ2) is 6.39. The van der Waals surface area contributed by atoms with Gasteiger partial charge in [0.25, 0.3) is 0 Å².